The van der Waals surface area contributed by atoms with Gasteiger partial charge in [0.2, 0.25) is 0 Å². The molecule has 0 unspecified atom stereocenters. The van der Waals surface area contributed by atoms with E-state index in [9.17, 15) is 0 Å². The second-order valence-corrected chi connectivity index (χ2v) is 7.66. The summed E-state index contributed by atoms with van der Waals surface area (Å²) < 4.78 is 0. The number of nitrogens with one attached hydrogen (secondary N) is 1. The molecule has 28 heavy (non-hydrogen) atoms. The Kier molecular flexibility index (Phi) is 4.65. The third kappa shape index (κ3) is 3.64. The number of benzene rings is 1. The van der Waals surface area contributed by atoms with E-state index >= 15 is 0 Å². The maximum absolute atomic E-state index is 4.89. The smallest absolute Gasteiger partial charge is 0.139 e. The molecule has 140 valence electrons. The molecule has 4 rings (SSSR count). The zero-order chi connectivity index (χ0) is 19.6. The third-order valence-electron chi connectivity index (χ3n) is 4.50. The van der Waals surface area contributed by atoms with Gasteiger partial charge in [0, 0.05) is 23.0 Å². The van der Waals surface area contributed by atoms with Crippen molar-refractivity contribution >= 4 is 17.3 Å². The average molecular weight is 369 g/mol. The summed E-state index contributed by atoms with van der Waals surface area (Å²) in [5.41, 5.74) is 3.75. The second-order valence-electron chi connectivity index (χ2n) is 7.66. The van der Waals surface area contributed by atoms with Crippen LogP contribution in [0.25, 0.3) is 11.4 Å². The summed E-state index contributed by atoms with van der Waals surface area (Å²) in [7, 11) is 0. The van der Waals surface area contributed by atoms with Gasteiger partial charge in [0.1, 0.15) is 17.3 Å². The molecule has 0 amide bonds. The van der Waals surface area contributed by atoms with E-state index in [1.807, 2.05) is 59.5 Å². The summed E-state index contributed by atoms with van der Waals surface area (Å²) in [6.45, 7) is 6.48. The van der Waals surface area contributed by atoms with Crippen LogP contribution >= 0.6 is 0 Å². The van der Waals surface area contributed by atoms with Gasteiger partial charge in [-0.05, 0) is 42.5 Å². The number of hydrogen-bond acceptors (Lipinski definition) is 4. The van der Waals surface area contributed by atoms with E-state index in [1.165, 1.54) is 0 Å². The standard InChI is InChI=1S/C23H23N5/c1-23(2,3)20-16-19(26-27-20)18-12-9-14-22(25-18)28(17-10-5-4-6-11-17)21-13-7-8-15-24-21/h4-16H,1-3H3,(H,26,27). The molecule has 1 aromatic carbocycles. The zero-order valence-corrected chi connectivity index (χ0v) is 16.3. The first-order chi connectivity index (χ1) is 13.5. The van der Waals surface area contributed by atoms with Gasteiger partial charge in [0.05, 0.1) is 5.69 Å². The molecular formula is C23H23N5. The third-order valence-corrected chi connectivity index (χ3v) is 4.50. The summed E-state index contributed by atoms with van der Waals surface area (Å²) in [6.07, 6.45) is 1.79. The molecule has 0 saturated carbocycles. The first kappa shape index (κ1) is 17.9. The predicted octanol–water partition coefficient (Wildman–Crippen LogP) is 5.63. The fourth-order valence-electron chi connectivity index (χ4n) is 2.97. The summed E-state index contributed by atoms with van der Waals surface area (Å²) in [5.74, 6) is 1.61. The minimum Gasteiger partial charge on any atom is -0.281 e. The fourth-order valence-corrected chi connectivity index (χ4v) is 2.97. The predicted molar refractivity (Wildman–Crippen MR) is 113 cm³/mol. The van der Waals surface area contributed by atoms with Crippen LogP contribution in [0.2, 0.25) is 0 Å². The summed E-state index contributed by atoms with van der Waals surface area (Å²) in [6, 6.07) is 24.0. The first-order valence-corrected chi connectivity index (χ1v) is 9.32. The second kappa shape index (κ2) is 7.27. The first-order valence-electron chi connectivity index (χ1n) is 9.32. The molecular weight excluding hydrogens is 346 g/mol. The van der Waals surface area contributed by atoms with Crippen molar-refractivity contribution in [2.24, 2.45) is 0 Å². The van der Waals surface area contributed by atoms with Crippen molar-refractivity contribution in [2.45, 2.75) is 26.2 Å². The van der Waals surface area contributed by atoms with Gasteiger partial charge in [0.25, 0.3) is 0 Å². The molecule has 0 atom stereocenters. The van der Waals surface area contributed by atoms with Crippen LogP contribution in [0.1, 0.15) is 26.5 Å². The summed E-state index contributed by atoms with van der Waals surface area (Å²) in [4.78, 5) is 11.5. The lowest BCUT2D eigenvalue weighted by molar-refractivity contribution is 0.567. The Balaban J connectivity index is 1.78. The van der Waals surface area contributed by atoms with Gasteiger partial charge in [-0.2, -0.15) is 5.10 Å². The molecule has 1 N–H and O–H groups in total. The molecule has 5 heteroatoms. The van der Waals surface area contributed by atoms with E-state index < -0.39 is 0 Å². The molecule has 0 bridgehead atoms. The van der Waals surface area contributed by atoms with E-state index in [1.54, 1.807) is 6.20 Å². The number of hydrogen-bond donors (Lipinski definition) is 1. The van der Waals surface area contributed by atoms with Gasteiger partial charge < -0.3 is 0 Å². The molecule has 0 radical (unpaired) electrons. The van der Waals surface area contributed by atoms with Crippen LogP contribution in [-0.2, 0) is 5.41 Å². The van der Waals surface area contributed by atoms with Gasteiger partial charge in [-0.15, -0.1) is 0 Å². The molecule has 0 fully saturated rings. The number of aromatic nitrogens is 4. The van der Waals surface area contributed by atoms with Crippen LogP contribution in [-0.4, -0.2) is 20.2 Å². The molecule has 0 aliphatic rings. The summed E-state index contributed by atoms with van der Waals surface area (Å²) in [5, 5.41) is 7.62. The Morgan fingerprint density at radius 3 is 2.21 bits per heavy atom. The number of para-hydroxylation sites is 1. The van der Waals surface area contributed by atoms with E-state index in [2.05, 4.69) is 54.2 Å². The van der Waals surface area contributed by atoms with E-state index in [-0.39, 0.29) is 5.41 Å². The molecule has 3 heterocycles. The Morgan fingerprint density at radius 2 is 1.54 bits per heavy atom. The molecule has 0 aliphatic carbocycles. The largest absolute Gasteiger partial charge is 0.281 e. The Labute approximate surface area is 165 Å². The molecule has 3 aromatic heterocycles. The Bertz CT molecular complexity index is 1010. The monoisotopic (exact) mass is 369 g/mol. The number of nitrogens with zero attached hydrogens (tertiary/aromatic N) is 4. The minimum atomic E-state index is 0.00684. The van der Waals surface area contributed by atoms with Crippen molar-refractivity contribution in [3.05, 3.63) is 84.7 Å². The van der Waals surface area contributed by atoms with Crippen LogP contribution in [0, 0.1) is 0 Å². The van der Waals surface area contributed by atoms with Gasteiger partial charge in [-0.3, -0.25) is 10.00 Å². The molecule has 4 aromatic rings. The average Bonchev–Trinajstić information content (AvgIpc) is 3.21. The van der Waals surface area contributed by atoms with Crippen molar-refractivity contribution in [1.82, 2.24) is 20.2 Å². The SMILES string of the molecule is CC(C)(C)c1cc(-c2cccc(N(c3ccccc3)c3ccccn3)n2)n[nH]1. The molecule has 0 spiro atoms. The maximum Gasteiger partial charge on any atom is 0.139 e. The lowest BCUT2D eigenvalue weighted by atomic mass is 9.92. The van der Waals surface area contributed by atoms with Gasteiger partial charge in [-0.1, -0.05) is 51.1 Å². The van der Waals surface area contributed by atoms with E-state index in [0.29, 0.717) is 0 Å². The quantitative estimate of drug-likeness (QED) is 0.506. The lowest BCUT2D eigenvalue weighted by Gasteiger charge is -2.23. The van der Waals surface area contributed by atoms with Crippen molar-refractivity contribution in [1.29, 1.82) is 0 Å². The lowest BCUT2D eigenvalue weighted by Crippen LogP contribution is -2.13. The molecule has 5 nitrogen and oxygen atoms in total. The van der Waals surface area contributed by atoms with Crippen molar-refractivity contribution in [2.75, 3.05) is 4.90 Å². The van der Waals surface area contributed by atoms with Crippen molar-refractivity contribution in [3.8, 4) is 11.4 Å². The number of aromatic amines is 1. The molecule has 0 saturated heterocycles. The van der Waals surface area contributed by atoms with Crippen molar-refractivity contribution in [3.63, 3.8) is 0 Å². The van der Waals surface area contributed by atoms with Crippen LogP contribution < -0.4 is 4.90 Å². The van der Waals surface area contributed by atoms with Gasteiger partial charge >= 0.3 is 0 Å². The summed E-state index contributed by atoms with van der Waals surface area (Å²) >= 11 is 0. The highest BCUT2D eigenvalue weighted by molar-refractivity contribution is 5.73. The Hall–Kier alpha value is -3.47. The number of rotatable bonds is 4. The number of H-pyrrole nitrogens is 1. The number of pyridine rings is 2. The van der Waals surface area contributed by atoms with Crippen LogP contribution in [0.4, 0.5) is 17.3 Å². The highest BCUT2D eigenvalue weighted by atomic mass is 15.2. The van der Waals surface area contributed by atoms with Gasteiger partial charge in [0.15, 0.2) is 0 Å². The van der Waals surface area contributed by atoms with Crippen LogP contribution in [0.5, 0.6) is 0 Å². The van der Waals surface area contributed by atoms with Crippen LogP contribution in [0.15, 0.2) is 79.0 Å². The Morgan fingerprint density at radius 1 is 0.786 bits per heavy atom. The minimum absolute atomic E-state index is 0.00684. The zero-order valence-electron chi connectivity index (χ0n) is 16.3. The normalized spacial score (nSPS) is 11.4. The van der Waals surface area contributed by atoms with Crippen LogP contribution in [0.3, 0.4) is 0 Å². The topological polar surface area (TPSA) is 57.7 Å². The van der Waals surface area contributed by atoms with Gasteiger partial charge in [-0.25, -0.2) is 9.97 Å². The molecule has 0 aliphatic heterocycles. The van der Waals surface area contributed by atoms with Crippen molar-refractivity contribution < 1.29 is 0 Å². The number of anilines is 3. The highest BCUT2D eigenvalue weighted by Gasteiger charge is 2.19. The maximum atomic E-state index is 4.89. The highest BCUT2D eigenvalue weighted by Crippen LogP contribution is 2.33. The van der Waals surface area contributed by atoms with E-state index in [0.717, 1.165) is 34.4 Å². The fraction of sp³-hybridized carbons (Fsp3) is 0.174. The van der Waals surface area contributed by atoms with E-state index in [4.69, 9.17) is 4.98 Å².